The highest BCUT2D eigenvalue weighted by molar-refractivity contribution is 5.81. The minimum absolute atomic E-state index is 0.128. The maximum absolute atomic E-state index is 12.8. The van der Waals surface area contributed by atoms with Gasteiger partial charge < -0.3 is 34.1 Å². The lowest BCUT2D eigenvalue weighted by atomic mass is 9.50. The number of piperidine rings is 1. The van der Waals surface area contributed by atoms with Crippen LogP contribution in [0.4, 0.5) is 0 Å². The Morgan fingerprint density at radius 3 is 2.77 bits per heavy atom. The number of rotatable bonds is 7. The molecule has 2 N–H and O–H groups in total. The van der Waals surface area contributed by atoms with Crippen molar-refractivity contribution in [3.63, 3.8) is 0 Å². The summed E-state index contributed by atoms with van der Waals surface area (Å²) in [5.74, 6) is -1.34. The van der Waals surface area contributed by atoms with Crippen LogP contribution in [0.2, 0.25) is 0 Å². The number of likely N-dealkylation sites (N-methyl/N-ethyl adjacent to an activating group) is 1. The molecule has 0 radical (unpaired) electrons. The first-order valence-electron chi connectivity index (χ1n) is 11.7. The average Bonchev–Trinajstić information content (AvgIpc) is 3.17. The van der Waals surface area contributed by atoms with E-state index >= 15 is 0 Å². The van der Waals surface area contributed by atoms with Gasteiger partial charge in [0.1, 0.15) is 5.76 Å². The second-order valence-corrected chi connectivity index (χ2v) is 9.73. The Hall–Kier alpha value is -3.11. The summed E-state index contributed by atoms with van der Waals surface area (Å²) < 4.78 is 22.7. The largest absolute Gasteiger partial charge is 0.493 e. The Labute approximate surface area is 202 Å². The third-order valence-electron chi connectivity index (χ3n) is 7.96. The normalized spacial score (nSPS) is 30.9. The van der Waals surface area contributed by atoms with Gasteiger partial charge in [-0.3, -0.25) is 9.59 Å². The fourth-order valence-electron chi connectivity index (χ4n) is 6.30. The number of carboxylic acid groups (broad SMARTS) is 1. The van der Waals surface area contributed by atoms with Crippen molar-refractivity contribution in [1.29, 1.82) is 0 Å². The van der Waals surface area contributed by atoms with E-state index in [0.29, 0.717) is 24.3 Å². The summed E-state index contributed by atoms with van der Waals surface area (Å²) in [4.78, 5) is 37.5. The molecular weight excluding hydrogens is 458 g/mol. The smallest absolute Gasteiger partial charge is 0.352 e. The lowest BCUT2D eigenvalue weighted by molar-refractivity contribution is -0.175. The number of benzene rings is 1. The predicted octanol–water partition coefficient (Wildman–Crippen LogP) is 1.31. The Balaban J connectivity index is 1.45. The number of methoxy groups -OCH3 is 1. The first kappa shape index (κ1) is 23.6. The fraction of sp³-hybridized carbons (Fsp3) is 0.560. The van der Waals surface area contributed by atoms with Crippen molar-refractivity contribution in [3.05, 3.63) is 35.1 Å². The van der Waals surface area contributed by atoms with Gasteiger partial charge in [0.15, 0.2) is 23.7 Å². The van der Waals surface area contributed by atoms with Crippen molar-refractivity contribution in [2.45, 2.75) is 68.3 Å². The van der Waals surface area contributed by atoms with Crippen molar-refractivity contribution >= 4 is 17.9 Å². The molecule has 0 unspecified atom stereocenters. The van der Waals surface area contributed by atoms with Gasteiger partial charge in [-0.15, -0.1) is 0 Å². The van der Waals surface area contributed by atoms with Crippen LogP contribution < -0.4 is 9.47 Å². The first-order chi connectivity index (χ1) is 16.6. The van der Waals surface area contributed by atoms with Gasteiger partial charge in [0, 0.05) is 18.0 Å². The Morgan fingerprint density at radius 2 is 2.06 bits per heavy atom. The molecule has 1 saturated heterocycles. The van der Waals surface area contributed by atoms with E-state index in [2.05, 4.69) is 4.90 Å². The van der Waals surface area contributed by atoms with Crippen LogP contribution in [0.1, 0.15) is 43.7 Å². The highest BCUT2D eigenvalue weighted by Gasteiger charge is 2.72. The molecule has 2 aliphatic heterocycles. The number of carbonyl (C=O) groups is 3. The average molecular weight is 488 g/mol. The molecule has 0 amide bonds. The molecule has 5 atom stereocenters. The molecule has 10 heteroatoms. The zero-order chi connectivity index (χ0) is 25.1. The molecule has 4 aliphatic rings. The van der Waals surface area contributed by atoms with Gasteiger partial charge in [-0.25, -0.2) is 4.79 Å². The van der Waals surface area contributed by atoms with Crippen LogP contribution in [0.5, 0.6) is 11.5 Å². The number of esters is 2. The van der Waals surface area contributed by atoms with Crippen LogP contribution in [0.15, 0.2) is 24.0 Å². The van der Waals surface area contributed by atoms with Gasteiger partial charge in [0.05, 0.1) is 31.0 Å². The van der Waals surface area contributed by atoms with E-state index in [-0.39, 0.29) is 31.1 Å². The lowest BCUT2D eigenvalue weighted by Crippen LogP contribution is -2.74. The molecule has 2 aliphatic carbocycles. The van der Waals surface area contributed by atoms with Crippen LogP contribution in [0.3, 0.4) is 0 Å². The SMILES string of the molecule is COc1ccc2c3c1O[C@H]1C(OC(=O)[C@H](C)OC(=O)CCC(=O)O)=CC[C@@]4(O)[C@@H](C2)N(C)CC[C@]314. The molecule has 0 aromatic heterocycles. The summed E-state index contributed by atoms with van der Waals surface area (Å²) in [5.41, 5.74) is 0.0642. The molecule has 1 aromatic carbocycles. The van der Waals surface area contributed by atoms with E-state index < -0.39 is 41.1 Å². The molecular formula is C25H29NO9. The summed E-state index contributed by atoms with van der Waals surface area (Å²) in [7, 11) is 3.57. The number of hydrogen-bond acceptors (Lipinski definition) is 9. The number of ether oxygens (including phenoxy) is 4. The molecule has 10 nitrogen and oxygen atoms in total. The van der Waals surface area contributed by atoms with E-state index in [1.165, 1.54) is 6.92 Å². The van der Waals surface area contributed by atoms with Gasteiger partial charge in [0.2, 0.25) is 0 Å². The van der Waals surface area contributed by atoms with E-state index in [1.807, 2.05) is 19.2 Å². The quantitative estimate of drug-likeness (QED) is 0.543. The maximum atomic E-state index is 12.8. The minimum Gasteiger partial charge on any atom is -0.493 e. The van der Waals surface area contributed by atoms with Gasteiger partial charge in [-0.05, 0) is 51.1 Å². The summed E-state index contributed by atoms with van der Waals surface area (Å²) in [6, 6.07) is 3.74. The van der Waals surface area contributed by atoms with Crippen molar-refractivity contribution < 1.29 is 43.5 Å². The van der Waals surface area contributed by atoms with Crippen molar-refractivity contribution in [2.24, 2.45) is 0 Å². The predicted molar refractivity (Wildman–Crippen MR) is 120 cm³/mol. The van der Waals surface area contributed by atoms with E-state index in [4.69, 9.17) is 24.1 Å². The minimum atomic E-state index is -1.24. The van der Waals surface area contributed by atoms with Crippen LogP contribution in [0.25, 0.3) is 0 Å². The molecule has 188 valence electrons. The monoisotopic (exact) mass is 487 g/mol. The van der Waals surface area contributed by atoms with Crippen LogP contribution in [-0.4, -0.2) is 77.6 Å². The first-order valence-corrected chi connectivity index (χ1v) is 11.7. The second kappa shape index (κ2) is 8.23. The fourth-order valence-corrected chi connectivity index (χ4v) is 6.30. The summed E-state index contributed by atoms with van der Waals surface area (Å²) in [6.45, 7) is 2.11. The van der Waals surface area contributed by atoms with Crippen molar-refractivity contribution in [3.8, 4) is 11.5 Å². The topological polar surface area (TPSA) is 132 Å². The second-order valence-electron chi connectivity index (χ2n) is 9.73. The molecule has 1 fully saturated rings. The Kier molecular flexibility index (Phi) is 5.56. The lowest BCUT2D eigenvalue weighted by Gasteiger charge is -2.61. The van der Waals surface area contributed by atoms with Crippen LogP contribution in [0, 0.1) is 0 Å². The highest BCUT2D eigenvalue weighted by Crippen LogP contribution is 2.65. The zero-order valence-corrected chi connectivity index (χ0v) is 19.9. The zero-order valence-electron chi connectivity index (χ0n) is 19.9. The van der Waals surface area contributed by atoms with Crippen LogP contribution >= 0.6 is 0 Å². The molecule has 2 bridgehead atoms. The number of hydrogen-bond donors (Lipinski definition) is 2. The molecule has 1 aromatic rings. The van der Waals surface area contributed by atoms with Gasteiger partial charge in [0.25, 0.3) is 0 Å². The van der Waals surface area contributed by atoms with Crippen molar-refractivity contribution in [2.75, 3.05) is 20.7 Å². The molecule has 35 heavy (non-hydrogen) atoms. The summed E-state index contributed by atoms with van der Waals surface area (Å²) in [5, 5.41) is 20.9. The van der Waals surface area contributed by atoms with E-state index in [1.54, 1.807) is 13.2 Å². The summed E-state index contributed by atoms with van der Waals surface area (Å²) >= 11 is 0. The van der Waals surface area contributed by atoms with E-state index in [0.717, 1.165) is 17.7 Å². The third kappa shape index (κ3) is 3.34. The number of carboxylic acids is 1. The van der Waals surface area contributed by atoms with Crippen LogP contribution in [-0.2, 0) is 35.7 Å². The number of nitrogens with zero attached hydrogens (tertiary/aromatic N) is 1. The highest BCUT2D eigenvalue weighted by atomic mass is 16.6. The Morgan fingerprint density at radius 1 is 1.29 bits per heavy atom. The number of aliphatic carboxylic acids is 1. The van der Waals surface area contributed by atoms with E-state index in [9.17, 15) is 19.5 Å². The molecule has 1 spiro atoms. The third-order valence-corrected chi connectivity index (χ3v) is 7.96. The summed E-state index contributed by atoms with van der Waals surface area (Å²) in [6.07, 6.45) is 0.516. The number of likely N-dealkylation sites (tertiary alicyclic amines) is 1. The molecule has 0 saturated carbocycles. The molecule has 2 heterocycles. The maximum Gasteiger partial charge on any atom is 0.352 e. The number of carbonyl (C=O) groups excluding carboxylic acids is 2. The van der Waals surface area contributed by atoms with Crippen molar-refractivity contribution in [1.82, 2.24) is 4.90 Å². The van der Waals surface area contributed by atoms with Gasteiger partial charge in [-0.1, -0.05) is 6.07 Å². The Bertz CT molecular complexity index is 1130. The van der Waals surface area contributed by atoms with Gasteiger partial charge >= 0.3 is 17.9 Å². The number of aliphatic hydroxyl groups is 1. The molecule has 5 rings (SSSR count). The van der Waals surface area contributed by atoms with Gasteiger partial charge in [-0.2, -0.15) is 0 Å². The standard InChI is InChI=1S/C25H29NO9/c1-13(33-19(29)7-6-18(27)28)23(30)34-16-8-9-25(31)17-12-14-4-5-15(32-3)21-20(14)24(25,22(16)35-21)10-11-26(17)2/h4-5,8,13,17,22,31H,6-7,9-12H2,1-3H3,(H,27,28)/t13-,17+,22-,24-,25+/m0/s1.